The van der Waals surface area contributed by atoms with Gasteiger partial charge in [0.05, 0.1) is 12.4 Å². The summed E-state index contributed by atoms with van der Waals surface area (Å²) < 4.78 is 33.4. The zero-order chi connectivity index (χ0) is 19.5. The molecule has 1 heterocycles. The number of carbonyl (C=O) groups is 1. The number of aryl methyl sites for hydroxylation is 2. The molecule has 1 aliphatic carbocycles. The smallest absolute Gasteiger partial charge is 0.273 e. The van der Waals surface area contributed by atoms with Gasteiger partial charge in [-0.3, -0.25) is 9.35 Å². The highest BCUT2D eigenvalue weighted by molar-refractivity contribution is 7.85. The summed E-state index contributed by atoms with van der Waals surface area (Å²) in [7, 11) is -0.0417. The van der Waals surface area contributed by atoms with Crippen LogP contribution in [0, 0.1) is 0 Å². The second-order valence-electron chi connectivity index (χ2n) is 5.88. The fourth-order valence-electron chi connectivity index (χ4n) is 3.25. The monoisotopic (exact) mass is 382 g/mol. The van der Waals surface area contributed by atoms with Gasteiger partial charge in [-0.15, -0.1) is 0 Å². The Morgan fingerprint density at radius 3 is 2.73 bits per heavy atom. The lowest BCUT2D eigenvalue weighted by Gasteiger charge is -2.22. The summed E-state index contributed by atoms with van der Waals surface area (Å²) in [6.45, 7) is 0. The van der Waals surface area contributed by atoms with Crippen LogP contribution in [-0.2, 0) is 28.3 Å². The van der Waals surface area contributed by atoms with Gasteiger partial charge in [-0.05, 0) is 30.0 Å². The van der Waals surface area contributed by atoms with Gasteiger partial charge < -0.3 is 20.5 Å². The summed E-state index contributed by atoms with van der Waals surface area (Å²) in [6, 6.07) is 6.10. The Morgan fingerprint density at radius 1 is 1.50 bits per heavy atom. The van der Waals surface area contributed by atoms with Crippen molar-refractivity contribution in [2.75, 3.05) is 13.4 Å². The average Bonchev–Trinajstić information content (AvgIpc) is 2.86. The minimum absolute atomic E-state index is 0.0881. The van der Waals surface area contributed by atoms with Crippen molar-refractivity contribution >= 4 is 33.3 Å². The first-order chi connectivity index (χ1) is 12.2. The highest BCUT2D eigenvalue weighted by Crippen LogP contribution is 2.39. The zero-order valence-corrected chi connectivity index (χ0v) is 15.6. The summed E-state index contributed by atoms with van der Waals surface area (Å²) in [5, 5.41) is 7.03. The molecule has 0 saturated heterocycles. The standard InChI is InChI=1S/C15H18N4O2.CH4O3S/c1-19-11-5-3-4-9-12(21-2)7-6-10(13(9)11)14(19)15(20)17-8-18-16;1-5(2,3)4/h3-5,8,12H,6-7,16H2,1-2H3,(H,17,18,20);1H3,(H,2,3,4). The van der Waals surface area contributed by atoms with Gasteiger partial charge in [0, 0.05) is 25.1 Å². The van der Waals surface area contributed by atoms with Crippen LogP contribution in [0.4, 0.5) is 0 Å². The van der Waals surface area contributed by atoms with E-state index in [2.05, 4.69) is 16.5 Å². The van der Waals surface area contributed by atoms with Crippen LogP contribution >= 0.6 is 0 Å². The molecular formula is C16H22N4O5S. The SMILES string of the molecule is COC1CCc2c(C(=O)NC=NN)n(C)c3cccc1c23.CS(=O)(=O)O. The summed E-state index contributed by atoms with van der Waals surface area (Å²) in [4.78, 5) is 12.4. The maximum absolute atomic E-state index is 12.4. The molecule has 3 rings (SSSR count). The van der Waals surface area contributed by atoms with Crippen molar-refractivity contribution in [3.8, 4) is 0 Å². The van der Waals surface area contributed by atoms with E-state index in [9.17, 15) is 13.2 Å². The van der Waals surface area contributed by atoms with Crippen molar-refractivity contribution in [2.24, 2.45) is 18.0 Å². The molecule has 2 aromatic rings. The molecule has 1 atom stereocenters. The maximum Gasteiger partial charge on any atom is 0.273 e. The first kappa shape index (κ1) is 19.9. The predicted octanol–water partition coefficient (Wildman–Crippen LogP) is 0.948. The molecule has 0 aliphatic heterocycles. The molecule has 0 spiro atoms. The largest absolute Gasteiger partial charge is 0.377 e. The molecule has 26 heavy (non-hydrogen) atoms. The van der Waals surface area contributed by atoms with Crippen molar-refractivity contribution in [3.05, 3.63) is 35.0 Å². The van der Waals surface area contributed by atoms with Crippen molar-refractivity contribution in [1.82, 2.24) is 9.88 Å². The number of methoxy groups -OCH3 is 1. The number of nitrogens with one attached hydrogen (secondary N) is 1. The molecule has 142 valence electrons. The van der Waals surface area contributed by atoms with Crippen LogP contribution in [0.3, 0.4) is 0 Å². The van der Waals surface area contributed by atoms with E-state index in [4.69, 9.17) is 15.1 Å². The van der Waals surface area contributed by atoms with Crippen molar-refractivity contribution in [1.29, 1.82) is 0 Å². The van der Waals surface area contributed by atoms with Crippen LogP contribution in [0.25, 0.3) is 10.9 Å². The minimum Gasteiger partial charge on any atom is -0.377 e. The van der Waals surface area contributed by atoms with E-state index in [0.717, 1.165) is 34.9 Å². The Balaban J connectivity index is 0.000000431. The molecule has 0 saturated carbocycles. The molecule has 1 aromatic heterocycles. The molecule has 9 nitrogen and oxygen atoms in total. The summed E-state index contributed by atoms with van der Waals surface area (Å²) in [5.74, 6) is 4.85. The number of nitrogens with two attached hydrogens (primary N) is 1. The van der Waals surface area contributed by atoms with Gasteiger partial charge >= 0.3 is 0 Å². The number of ether oxygens (including phenoxy) is 1. The van der Waals surface area contributed by atoms with Gasteiger partial charge in [0.25, 0.3) is 16.0 Å². The van der Waals surface area contributed by atoms with E-state index < -0.39 is 10.1 Å². The Labute approximate surface area is 151 Å². The second-order valence-corrected chi connectivity index (χ2v) is 7.34. The lowest BCUT2D eigenvalue weighted by molar-refractivity contribution is 0.0936. The van der Waals surface area contributed by atoms with Gasteiger partial charge in [0.1, 0.15) is 12.0 Å². The van der Waals surface area contributed by atoms with E-state index in [1.165, 1.54) is 6.34 Å². The summed E-state index contributed by atoms with van der Waals surface area (Å²) in [6.07, 6.45) is 3.69. The summed E-state index contributed by atoms with van der Waals surface area (Å²) >= 11 is 0. The molecule has 1 aromatic carbocycles. The molecule has 0 fully saturated rings. The molecule has 1 aliphatic rings. The third-order valence-corrected chi connectivity index (χ3v) is 4.13. The fourth-order valence-corrected chi connectivity index (χ4v) is 3.25. The molecule has 0 radical (unpaired) electrons. The van der Waals surface area contributed by atoms with Crippen LogP contribution in [-0.4, -0.2) is 43.1 Å². The lowest BCUT2D eigenvalue weighted by atomic mass is 9.89. The highest BCUT2D eigenvalue weighted by Gasteiger charge is 2.28. The molecule has 4 N–H and O–H groups in total. The van der Waals surface area contributed by atoms with E-state index in [1.807, 2.05) is 23.7 Å². The normalized spacial score (nSPS) is 16.4. The molecule has 0 bridgehead atoms. The van der Waals surface area contributed by atoms with Crippen LogP contribution in [0.2, 0.25) is 0 Å². The zero-order valence-electron chi connectivity index (χ0n) is 14.8. The minimum atomic E-state index is -3.67. The van der Waals surface area contributed by atoms with Gasteiger partial charge in [0.2, 0.25) is 0 Å². The quantitative estimate of drug-likeness (QED) is 0.238. The number of aromatic nitrogens is 1. The molecular weight excluding hydrogens is 360 g/mol. The van der Waals surface area contributed by atoms with Gasteiger partial charge in [0.15, 0.2) is 0 Å². The van der Waals surface area contributed by atoms with Gasteiger partial charge in [-0.25, -0.2) is 0 Å². The number of rotatable bonds is 3. The van der Waals surface area contributed by atoms with E-state index in [1.54, 1.807) is 7.11 Å². The molecule has 10 heteroatoms. The van der Waals surface area contributed by atoms with Crippen LogP contribution in [0.1, 0.15) is 34.1 Å². The lowest BCUT2D eigenvalue weighted by Crippen LogP contribution is -2.26. The van der Waals surface area contributed by atoms with Crippen molar-refractivity contribution in [2.45, 2.75) is 18.9 Å². The van der Waals surface area contributed by atoms with Crippen molar-refractivity contribution in [3.63, 3.8) is 0 Å². The number of benzene rings is 1. The third-order valence-electron chi connectivity index (χ3n) is 4.13. The summed E-state index contributed by atoms with van der Waals surface area (Å²) in [5.41, 5.74) is 3.92. The van der Waals surface area contributed by atoms with Crippen LogP contribution in [0.15, 0.2) is 23.3 Å². The number of hydrogen-bond donors (Lipinski definition) is 3. The number of nitrogens with zero attached hydrogens (tertiary/aromatic N) is 2. The number of carbonyl (C=O) groups excluding carboxylic acids is 1. The van der Waals surface area contributed by atoms with E-state index in [-0.39, 0.29) is 12.0 Å². The Kier molecular flexibility index (Phi) is 6.01. The predicted molar refractivity (Wildman–Crippen MR) is 98.6 cm³/mol. The maximum atomic E-state index is 12.4. The Morgan fingerprint density at radius 2 is 2.15 bits per heavy atom. The Bertz CT molecular complexity index is 941. The van der Waals surface area contributed by atoms with E-state index in [0.29, 0.717) is 11.9 Å². The van der Waals surface area contributed by atoms with Gasteiger partial charge in [-0.1, -0.05) is 12.1 Å². The van der Waals surface area contributed by atoms with Crippen molar-refractivity contribution < 1.29 is 22.5 Å². The first-order valence-electron chi connectivity index (χ1n) is 7.77. The van der Waals surface area contributed by atoms with Crippen LogP contribution < -0.4 is 11.2 Å². The number of hydrazone groups is 1. The molecule has 1 amide bonds. The molecule has 1 unspecified atom stereocenters. The van der Waals surface area contributed by atoms with Crippen LogP contribution in [0.5, 0.6) is 0 Å². The number of amides is 1. The fraction of sp³-hybridized carbons (Fsp3) is 0.375. The highest BCUT2D eigenvalue weighted by atomic mass is 32.2. The second kappa shape index (κ2) is 7.85. The topological polar surface area (TPSA) is 136 Å². The third kappa shape index (κ3) is 4.21. The number of hydrogen-bond acceptors (Lipinski definition) is 6. The Hall–Kier alpha value is -2.43. The van der Waals surface area contributed by atoms with Gasteiger partial charge in [-0.2, -0.15) is 13.5 Å². The average molecular weight is 382 g/mol. The van der Waals surface area contributed by atoms with E-state index >= 15 is 0 Å². The first-order valence-corrected chi connectivity index (χ1v) is 9.61.